The second kappa shape index (κ2) is 8.61. The third kappa shape index (κ3) is 4.53. The van der Waals surface area contributed by atoms with Gasteiger partial charge in [-0.25, -0.2) is 9.78 Å². The van der Waals surface area contributed by atoms with Gasteiger partial charge in [0.1, 0.15) is 0 Å². The number of nitrogens with zero attached hydrogens (tertiary/aromatic N) is 2. The average molecular weight is 390 g/mol. The number of nitrogens with one attached hydrogen (secondary N) is 1. The number of thiazole rings is 1. The van der Waals surface area contributed by atoms with Crippen molar-refractivity contribution in [2.75, 3.05) is 27.3 Å². The molecule has 1 aromatic carbocycles. The molecule has 0 spiro atoms. The van der Waals surface area contributed by atoms with Gasteiger partial charge >= 0.3 is 6.03 Å². The summed E-state index contributed by atoms with van der Waals surface area (Å²) in [7, 11) is 3.26. The Morgan fingerprint density at radius 1 is 1.26 bits per heavy atom. The third-order valence-corrected chi connectivity index (χ3v) is 5.92. The molecule has 0 radical (unpaired) electrons. The summed E-state index contributed by atoms with van der Waals surface area (Å²) in [6, 6.07) is 3.95. The zero-order chi connectivity index (χ0) is 19.4. The van der Waals surface area contributed by atoms with Gasteiger partial charge in [0.2, 0.25) is 0 Å². The lowest BCUT2D eigenvalue weighted by atomic mass is 9.99. The highest BCUT2D eigenvalue weighted by molar-refractivity contribution is 7.09. The summed E-state index contributed by atoms with van der Waals surface area (Å²) >= 11 is 1.69. The maximum Gasteiger partial charge on any atom is 0.317 e. The van der Waals surface area contributed by atoms with E-state index in [2.05, 4.69) is 29.5 Å². The van der Waals surface area contributed by atoms with Gasteiger partial charge in [-0.3, -0.25) is 0 Å². The SMILES string of the molecule is COc1cc2c(cc1OC)CN(C(=O)NCCc1csc(C(C)C)n1)CC2. The zero-order valence-electron chi connectivity index (χ0n) is 16.4. The van der Waals surface area contributed by atoms with Crippen LogP contribution in [0.3, 0.4) is 0 Å². The van der Waals surface area contributed by atoms with Crippen LogP contribution >= 0.6 is 11.3 Å². The van der Waals surface area contributed by atoms with E-state index in [9.17, 15) is 4.79 Å². The lowest BCUT2D eigenvalue weighted by Crippen LogP contribution is -2.43. The fourth-order valence-electron chi connectivity index (χ4n) is 3.17. The summed E-state index contributed by atoms with van der Waals surface area (Å²) in [5.41, 5.74) is 3.36. The third-order valence-electron chi connectivity index (χ3n) is 4.73. The number of carbonyl (C=O) groups excluding carboxylic acids is 1. The number of methoxy groups -OCH3 is 2. The molecule has 0 unspecified atom stereocenters. The number of carbonyl (C=O) groups is 1. The number of benzene rings is 1. The molecule has 1 aliphatic rings. The number of amides is 2. The first-order valence-corrected chi connectivity index (χ1v) is 10.1. The number of fused-ring (bicyclic) bond motifs is 1. The average Bonchev–Trinajstić information content (AvgIpc) is 3.15. The molecule has 0 atom stereocenters. The van der Waals surface area contributed by atoms with Crippen LogP contribution in [0.2, 0.25) is 0 Å². The maximum atomic E-state index is 12.5. The molecule has 27 heavy (non-hydrogen) atoms. The summed E-state index contributed by atoms with van der Waals surface area (Å²) < 4.78 is 10.7. The van der Waals surface area contributed by atoms with E-state index in [0.717, 1.165) is 34.9 Å². The highest BCUT2D eigenvalue weighted by atomic mass is 32.1. The van der Waals surface area contributed by atoms with E-state index in [0.29, 0.717) is 31.3 Å². The molecule has 3 rings (SSSR count). The van der Waals surface area contributed by atoms with Crippen LogP contribution in [0.5, 0.6) is 11.5 Å². The van der Waals surface area contributed by atoms with Crippen molar-refractivity contribution < 1.29 is 14.3 Å². The number of rotatable bonds is 6. The number of aromatic nitrogens is 1. The molecule has 2 aromatic rings. The summed E-state index contributed by atoms with van der Waals surface area (Å²) in [4.78, 5) is 19.0. The molecule has 146 valence electrons. The summed E-state index contributed by atoms with van der Waals surface area (Å²) in [6.07, 6.45) is 1.57. The van der Waals surface area contributed by atoms with E-state index in [4.69, 9.17) is 9.47 Å². The summed E-state index contributed by atoms with van der Waals surface area (Å²) in [5.74, 6) is 1.88. The Balaban J connectivity index is 1.55. The van der Waals surface area contributed by atoms with E-state index < -0.39 is 0 Å². The van der Waals surface area contributed by atoms with E-state index in [1.165, 1.54) is 5.56 Å². The first kappa shape index (κ1) is 19.5. The summed E-state index contributed by atoms with van der Waals surface area (Å²) in [6.45, 7) is 6.15. The normalized spacial score (nSPS) is 13.4. The second-order valence-corrected chi connectivity index (χ2v) is 7.85. The predicted molar refractivity (Wildman–Crippen MR) is 107 cm³/mol. The lowest BCUT2D eigenvalue weighted by Gasteiger charge is -2.29. The van der Waals surface area contributed by atoms with Crippen molar-refractivity contribution >= 4 is 17.4 Å². The Kier molecular flexibility index (Phi) is 6.21. The minimum atomic E-state index is -0.0326. The van der Waals surface area contributed by atoms with Crippen LogP contribution in [0.1, 0.15) is 41.6 Å². The van der Waals surface area contributed by atoms with Crippen LogP contribution in [0, 0.1) is 0 Å². The molecule has 1 aliphatic heterocycles. The topological polar surface area (TPSA) is 63.7 Å². The Labute approximate surface area is 164 Å². The second-order valence-electron chi connectivity index (χ2n) is 6.96. The highest BCUT2D eigenvalue weighted by Gasteiger charge is 2.22. The minimum Gasteiger partial charge on any atom is -0.493 e. The largest absolute Gasteiger partial charge is 0.493 e. The lowest BCUT2D eigenvalue weighted by molar-refractivity contribution is 0.192. The summed E-state index contributed by atoms with van der Waals surface area (Å²) in [5, 5.41) is 6.25. The molecule has 0 aliphatic carbocycles. The molecule has 0 saturated carbocycles. The Bertz CT molecular complexity index is 804. The Morgan fingerprint density at radius 3 is 2.59 bits per heavy atom. The molecule has 0 fully saturated rings. The number of hydrogen-bond donors (Lipinski definition) is 1. The van der Waals surface area contributed by atoms with Crippen LogP contribution in [-0.4, -0.2) is 43.2 Å². The van der Waals surface area contributed by atoms with Crippen molar-refractivity contribution in [1.29, 1.82) is 0 Å². The van der Waals surface area contributed by atoms with Gasteiger partial charge < -0.3 is 19.7 Å². The molecular weight excluding hydrogens is 362 g/mol. The molecule has 1 aromatic heterocycles. The molecule has 1 N–H and O–H groups in total. The van der Waals surface area contributed by atoms with Crippen molar-refractivity contribution in [3.8, 4) is 11.5 Å². The number of ether oxygens (including phenoxy) is 2. The van der Waals surface area contributed by atoms with E-state index >= 15 is 0 Å². The van der Waals surface area contributed by atoms with Crippen molar-refractivity contribution in [3.63, 3.8) is 0 Å². The van der Waals surface area contributed by atoms with Crippen molar-refractivity contribution in [1.82, 2.24) is 15.2 Å². The van der Waals surface area contributed by atoms with E-state index in [-0.39, 0.29) is 6.03 Å². The molecule has 2 amide bonds. The molecule has 0 bridgehead atoms. The van der Waals surface area contributed by atoms with Gasteiger partial charge in [0.15, 0.2) is 11.5 Å². The van der Waals surface area contributed by atoms with Gasteiger partial charge in [0, 0.05) is 37.4 Å². The van der Waals surface area contributed by atoms with Gasteiger partial charge in [-0.05, 0) is 29.7 Å². The monoisotopic (exact) mass is 389 g/mol. The van der Waals surface area contributed by atoms with Gasteiger partial charge in [-0.2, -0.15) is 0 Å². The van der Waals surface area contributed by atoms with Crippen molar-refractivity contribution in [2.45, 2.75) is 39.2 Å². The van der Waals surface area contributed by atoms with Gasteiger partial charge in [-0.15, -0.1) is 11.3 Å². The molecule has 7 heteroatoms. The van der Waals surface area contributed by atoms with Crippen LogP contribution in [0.4, 0.5) is 4.79 Å². The molecular formula is C20H27N3O3S. The standard InChI is InChI=1S/C20H27N3O3S/c1-13(2)19-22-16(12-27-19)5-7-21-20(24)23-8-6-14-9-17(25-3)18(26-4)10-15(14)11-23/h9-10,12-13H,5-8,11H2,1-4H3,(H,21,24). The Hall–Kier alpha value is -2.28. The van der Waals surface area contributed by atoms with Crippen LogP contribution in [0.15, 0.2) is 17.5 Å². The van der Waals surface area contributed by atoms with Crippen LogP contribution in [-0.2, 0) is 19.4 Å². The number of hydrogen-bond acceptors (Lipinski definition) is 5. The van der Waals surface area contributed by atoms with Crippen molar-refractivity contribution in [2.24, 2.45) is 0 Å². The van der Waals surface area contributed by atoms with Gasteiger partial charge in [-0.1, -0.05) is 13.8 Å². The van der Waals surface area contributed by atoms with E-state index in [1.807, 2.05) is 17.0 Å². The number of urea groups is 1. The Morgan fingerprint density at radius 2 is 1.96 bits per heavy atom. The quantitative estimate of drug-likeness (QED) is 0.820. The van der Waals surface area contributed by atoms with Crippen molar-refractivity contribution in [3.05, 3.63) is 39.3 Å². The van der Waals surface area contributed by atoms with E-state index in [1.54, 1.807) is 25.6 Å². The van der Waals surface area contributed by atoms with Gasteiger partial charge in [0.05, 0.1) is 24.9 Å². The van der Waals surface area contributed by atoms with Crippen LogP contribution < -0.4 is 14.8 Å². The fourth-order valence-corrected chi connectivity index (χ4v) is 4.04. The maximum absolute atomic E-state index is 12.5. The smallest absolute Gasteiger partial charge is 0.317 e. The first-order valence-electron chi connectivity index (χ1n) is 9.22. The molecule has 6 nitrogen and oxygen atoms in total. The van der Waals surface area contributed by atoms with Crippen LogP contribution in [0.25, 0.3) is 0 Å². The first-order chi connectivity index (χ1) is 13.0. The highest BCUT2D eigenvalue weighted by Crippen LogP contribution is 2.33. The predicted octanol–water partition coefficient (Wildman–Crippen LogP) is 3.59. The molecule has 2 heterocycles. The molecule has 0 saturated heterocycles. The van der Waals surface area contributed by atoms with Gasteiger partial charge in [0.25, 0.3) is 0 Å². The zero-order valence-corrected chi connectivity index (χ0v) is 17.2. The fraction of sp³-hybridized carbons (Fsp3) is 0.500. The minimum absolute atomic E-state index is 0.0326.